The Bertz CT molecular complexity index is 1060. The summed E-state index contributed by atoms with van der Waals surface area (Å²) < 4.78 is 40.2. The number of benzene rings is 2. The Morgan fingerprint density at radius 2 is 1.80 bits per heavy atom. The normalized spacial score (nSPS) is 11.6. The molecule has 25 heavy (non-hydrogen) atoms. The van der Waals surface area contributed by atoms with Crippen LogP contribution < -0.4 is 11.2 Å². The molecule has 1 aromatic heterocycles. The van der Waals surface area contributed by atoms with Crippen LogP contribution in [0.1, 0.15) is 15.9 Å². The fourth-order valence-corrected chi connectivity index (χ4v) is 2.57. The fourth-order valence-electron chi connectivity index (χ4n) is 2.57. The first-order valence-corrected chi connectivity index (χ1v) is 7.04. The predicted molar refractivity (Wildman–Crippen MR) is 84.7 cm³/mol. The quantitative estimate of drug-likeness (QED) is 0.747. The molecular formula is C17H11F3N2O3. The topological polar surface area (TPSA) is 85.3 Å². The maximum atomic E-state index is 13.0. The number of aromatic nitrogens is 1. The largest absolute Gasteiger partial charge is 0.508 e. The smallest absolute Gasteiger partial charge is 0.416 e. The lowest BCUT2D eigenvalue weighted by Gasteiger charge is -2.15. The third-order valence-corrected chi connectivity index (χ3v) is 3.68. The molecule has 0 radical (unpaired) electrons. The Morgan fingerprint density at radius 1 is 1.12 bits per heavy atom. The van der Waals surface area contributed by atoms with Gasteiger partial charge >= 0.3 is 6.18 Å². The van der Waals surface area contributed by atoms with Crippen molar-refractivity contribution < 1.29 is 23.1 Å². The van der Waals surface area contributed by atoms with Gasteiger partial charge in [-0.3, -0.25) is 9.59 Å². The molecular weight excluding hydrogens is 337 g/mol. The molecule has 3 rings (SSSR count). The number of aromatic hydroxyl groups is 1. The van der Waals surface area contributed by atoms with Crippen molar-refractivity contribution in [3.8, 4) is 11.4 Å². The van der Waals surface area contributed by atoms with E-state index < -0.39 is 28.8 Å². The van der Waals surface area contributed by atoms with Gasteiger partial charge < -0.3 is 15.4 Å². The van der Waals surface area contributed by atoms with Crippen molar-refractivity contribution in [3.05, 3.63) is 70.0 Å². The van der Waals surface area contributed by atoms with Gasteiger partial charge in [0.1, 0.15) is 11.3 Å². The van der Waals surface area contributed by atoms with Crippen LogP contribution in [-0.4, -0.2) is 15.6 Å². The molecule has 3 aromatic rings. The van der Waals surface area contributed by atoms with E-state index in [0.29, 0.717) is 6.07 Å². The number of alkyl halides is 3. The number of rotatable bonds is 2. The summed E-state index contributed by atoms with van der Waals surface area (Å²) in [6.45, 7) is 0. The van der Waals surface area contributed by atoms with Crippen molar-refractivity contribution in [2.45, 2.75) is 6.18 Å². The SMILES string of the molecule is NC(=O)c1cn(-c2cc(O)cc(C(F)(F)F)c2)c2ccccc2c1=O. The molecule has 5 nitrogen and oxygen atoms in total. The molecule has 1 amide bonds. The van der Waals surface area contributed by atoms with Crippen LogP contribution in [0.5, 0.6) is 5.75 Å². The number of phenols is 1. The summed E-state index contributed by atoms with van der Waals surface area (Å²) in [6, 6.07) is 8.59. The minimum atomic E-state index is -4.67. The second kappa shape index (κ2) is 5.66. The summed E-state index contributed by atoms with van der Waals surface area (Å²) in [6.07, 6.45) is -3.60. The second-order valence-electron chi connectivity index (χ2n) is 5.36. The van der Waals surface area contributed by atoms with Crippen LogP contribution in [0, 0.1) is 0 Å². The molecule has 0 saturated carbocycles. The molecule has 0 aliphatic heterocycles. The van der Waals surface area contributed by atoms with E-state index in [1.165, 1.54) is 16.7 Å². The lowest BCUT2D eigenvalue weighted by Crippen LogP contribution is -2.23. The highest BCUT2D eigenvalue weighted by molar-refractivity contribution is 5.96. The molecule has 0 atom stereocenters. The van der Waals surface area contributed by atoms with Crippen molar-refractivity contribution in [1.82, 2.24) is 4.57 Å². The number of halogens is 3. The van der Waals surface area contributed by atoms with E-state index in [2.05, 4.69) is 0 Å². The number of primary amides is 1. The Hall–Kier alpha value is -3.29. The Labute approximate surface area is 138 Å². The zero-order chi connectivity index (χ0) is 18.4. The summed E-state index contributed by atoms with van der Waals surface area (Å²) in [5.74, 6) is -1.60. The van der Waals surface area contributed by atoms with E-state index in [9.17, 15) is 27.9 Å². The van der Waals surface area contributed by atoms with Crippen LogP contribution >= 0.6 is 0 Å². The van der Waals surface area contributed by atoms with Gasteiger partial charge in [0.2, 0.25) is 5.43 Å². The molecule has 0 saturated heterocycles. The molecule has 128 valence electrons. The Morgan fingerprint density at radius 3 is 2.44 bits per heavy atom. The Kier molecular flexibility index (Phi) is 3.75. The molecule has 2 aromatic carbocycles. The average molecular weight is 348 g/mol. The van der Waals surface area contributed by atoms with Crippen LogP contribution in [0.25, 0.3) is 16.6 Å². The number of fused-ring (bicyclic) bond motifs is 1. The van der Waals surface area contributed by atoms with E-state index in [4.69, 9.17) is 5.73 Å². The monoisotopic (exact) mass is 348 g/mol. The number of carbonyl (C=O) groups is 1. The van der Waals surface area contributed by atoms with Crippen LogP contribution in [0.15, 0.2) is 53.5 Å². The predicted octanol–water partition coefficient (Wildman–Crippen LogP) is 2.81. The van der Waals surface area contributed by atoms with E-state index in [-0.39, 0.29) is 22.2 Å². The molecule has 0 spiro atoms. The van der Waals surface area contributed by atoms with Gasteiger partial charge in [-0.2, -0.15) is 13.2 Å². The molecule has 3 N–H and O–H groups in total. The third-order valence-electron chi connectivity index (χ3n) is 3.68. The molecule has 0 fully saturated rings. The number of amides is 1. The van der Waals surface area contributed by atoms with Crippen LogP contribution in [-0.2, 0) is 6.18 Å². The number of phenolic OH excluding ortho intramolecular Hbond substituents is 1. The number of nitrogens with two attached hydrogens (primary N) is 1. The molecule has 0 aliphatic carbocycles. The van der Waals surface area contributed by atoms with Crippen molar-refractivity contribution in [1.29, 1.82) is 0 Å². The molecule has 1 heterocycles. The van der Waals surface area contributed by atoms with E-state index >= 15 is 0 Å². The highest BCUT2D eigenvalue weighted by atomic mass is 19.4. The molecule has 0 bridgehead atoms. The average Bonchev–Trinajstić information content (AvgIpc) is 2.53. The molecule has 0 aliphatic rings. The highest BCUT2D eigenvalue weighted by Gasteiger charge is 2.31. The second-order valence-corrected chi connectivity index (χ2v) is 5.36. The van der Waals surface area contributed by atoms with Crippen LogP contribution in [0.3, 0.4) is 0 Å². The number of pyridine rings is 1. The summed E-state index contributed by atoms with van der Waals surface area (Å²) in [4.78, 5) is 23.8. The number of para-hydroxylation sites is 1. The van der Waals surface area contributed by atoms with Gasteiger partial charge in [0.25, 0.3) is 5.91 Å². The third kappa shape index (κ3) is 2.93. The van der Waals surface area contributed by atoms with Gasteiger partial charge in [0, 0.05) is 23.3 Å². The highest BCUT2D eigenvalue weighted by Crippen LogP contribution is 2.33. The lowest BCUT2D eigenvalue weighted by atomic mass is 10.1. The maximum Gasteiger partial charge on any atom is 0.416 e. The first-order valence-electron chi connectivity index (χ1n) is 7.04. The van der Waals surface area contributed by atoms with Gasteiger partial charge in [-0.05, 0) is 24.3 Å². The van der Waals surface area contributed by atoms with Crippen molar-refractivity contribution in [3.63, 3.8) is 0 Å². The number of carbonyl (C=O) groups excluding carboxylic acids is 1. The fraction of sp³-hybridized carbons (Fsp3) is 0.0588. The van der Waals surface area contributed by atoms with Crippen molar-refractivity contribution in [2.75, 3.05) is 0 Å². The minimum absolute atomic E-state index is 0.0639. The van der Waals surface area contributed by atoms with Gasteiger partial charge in [0.05, 0.1) is 11.1 Å². The summed E-state index contributed by atoms with van der Waals surface area (Å²) in [5, 5.41) is 9.78. The summed E-state index contributed by atoms with van der Waals surface area (Å²) in [5.41, 5.74) is 3.37. The van der Waals surface area contributed by atoms with Gasteiger partial charge in [-0.1, -0.05) is 12.1 Å². The van der Waals surface area contributed by atoms with E-state index in [0.717, 1.165) is 18.3 Å². The van der Waals surface area contributed by atoms with Gasteiger partial charge in [-0.15, -0.1) is 0 Å². The number of nitrogens with zero attached hydrogens (tertiary/aromatic N) is 1. The minimum Gasteiger partial charge on any atom is -0.508 e. The van der Waals surface area contributed by atoms with E-state index in [1.54, 1.807) is 12.1 Å². The van der Waals surface area contributed by atoms with Crippen LogP contribution in [0.2, 0.25) is 0 Å². The van der Waals surface area contributed by atoms with Gasteiger partial charge in [0.15, 0.2) is 0 Å². The summed E-state index contributed by atoms with van der Waals surface area (Å²) in [7, 11) is 0. The molecule has 0 unspecified atom stereocenters. The number of hydrogen-bond acceptors (Lipinski definition) is 3. The first kappa shape index (κ1) is 16.6. The standard InChI is InChI=1S/C17H11F3N2O3/c18-17(19,20)9-5-10(7-11(23)6-9)22-8-13(16(21)25)15(24)12-3-1-2-4-14(12)22/h1-8,23H,(H2,21,25). The maximum absolute atomic E-state index is 13.0. The zero-order valence-corrected chi connectivity index (χ0v) is 12.5. The number of hydrogen-bond donors (Lipinski definition) is 2. The lowest BCUT2D eigenvalue weighted by molar-refractivity contribution is -0.137. The zero-order valence-electron chi connectivity index (χ0n) is 12.5. The van der Waals surface area contributed by atoms with Crippen molar-refractivity contribution >= 4 is 16.8 Å². The summed E-state index contributed by atoms with van der Waals surface area (Å²) >= 11 is 0. The first-order chi connectivity index (χ1) is 11.7. The van der Waals surface area contributed by atoms with Crippen LogP contribution in [0.4, 0.5) is 13.2 Å². The van der Waals surface area contributed by atoms with Crippen molar-refractivity contribution in [2.24, 2.45) is 5.73 Å². The van der Waals surface area contributed by atoms with Gasteiger partial charge in [-0.25, -0.2) is 0 Å². The Balaban J connectivity index is 2.40. The van der Waals surface area contributed by atoms with E-state index in [1.807, 2.05) is 0 Å². The molecule has 8 heteroatoms.